The Labute approximate surface area is 154 Å². The number of benzene rings is 1. The molecule has 6 heteroatoms. The lowest BCUT2D eigenvalue weighted by Crippen LogP contribution is -2.52. The van der Waals surface area contributed by atoms with Gasteiger partial charge in [-0.05, 0) is 25.0 Å². The van der Waals surface area contributed by atoms with Gasteiger partial charge in [0.05, 0.1) is 5.75 Å². The maximum Gasteiger partial charge on any atom is 0.321 e. The van der Waals surface area contributed by atoms with Crippen LogP contribution < -0.4 is 5.32 Å². The van der Waals surface area contributed by atoms with Crippen molar-refractivity contribution < 1.29 is 9.59 Å². The van der Waals surface area contributed by atoms with Crippen LogP contribution >= 0.6 is 11.8 Å². The van der Waals surface area contributed by atoms with E-state index < -0.39 is 0 Å². The van der Waals surface area contributed by atoms with Crippen LogP contribution in [-0.2, 0) is 4.79 Å². The first kappa shape index (κ1) is 18.1. The Bertz CT molecular complexity index is 567. The zero-order valence-corrected chi connectivity index (χ0v) is 15.5. The minimum Gasteiger partial charge on any atom is -0.338 e. The van der Waals surface area contributed by atoms with Gasteiger partial charge in [-0.1, -0.05) is 37.5 Å². The third-order valence-corrected chi connectivity index (χ3v) is 6.30. The Morgan fingerprint density at radius 2 is 1.60 bits per heavy atom. The molecule has 0 unspecified atom stereocenters. The fraction of sp³-hybridized carbons (Fsp3) is 0.579. The normalized spacial score (nSPS) is 18.9. The van der Waals surface area contributed by atoms with E-state index in [0.29, 0.717) is 37.2 Å². The molecule has 1 heterocycles. The Hall–Kier alpha value is -1.69. The van der Waals surface area contributed by atoms with Gasteiger partial charge in [-0.3, -0.25) is 4.79 Å². The topological polar surface area (TPSA) is 52.7 Å². The van der Waals surface area contributed by atoms with Gasteiger partial charge in [-0.25, -0.2) is 4.79 Å². The van der Waals surface area contributed by atoms with Gasteiger partial charge >= 0.3 is 6.03 Å². The number of piperazine rings is 1. The number of urea groups is 1. The number of amides is 3. The molecule has 0 radical (unpaired) electrons. The Morgan fingerprint density at radius 3 is 2.28 bits per heavy atom. The summed E-state index contributed by atoms with van der Waals surface area (Å²) in [5.74, 6) is 0.805. The number of carbonyl (C=O) groups is 2. The van der Waals surface area contributed by atoms with E-state index in [1.54, 1.807) is 4.90 Å². The third-order valence-electron chi connectivity index (χ3n) is 4.94. The van der Waals surface area contributed by atoms with Gasteiger partial charge in [0.2, 0.25) is 5.91 Å². The second kappa shape index (κ2) is 9.13. The Kier molecular flexibility index (Phi) is 6.62. The van der Waals surface area contributed by atoms with E-state index in [1.165, 1.54) is 32.1 Å². The lowest BCUT2D eigenvalue weighted by molar-refractivity contribution is -0.129. The zero-order chi connectivity index (χ0) is 17.5. The van der Waals surface area contributed by atoms with Gasteiger partial charge in [0.15, 0.2) is 0 Å². The molecule has 3 rings (SSSR count). The average Bonchev–Trinajstić information content (AvgIpc) is 2.68. The summed E-state index contributed by atoms with van der Waals surface area (Å²) in [6, 6.07) is 9.38. The molecule has 0 spiro atoms. The fourth-order valence-corrected chi connectivity index (χ4v) is 4.62. The molecule has 136 valence electrons. The summed E-state index contributed by atoms with van der Waals surface area (Å²) in [5, 5.41) is 3.57. The fourth-order valence-electron chi connectivity index (χ4n) is 3.40. The molecule has 1 aliphatic heterocycles. The van der Waals surface area contributed by atoms with Crippen molar-refractivity contribution in [2.24, 2.45) is 0 Å². The molecular weight excluding hydrogens is 334 g/mol. The first-order chi connectivity index (χ1) is 12.2. The molecule has 0 aromatic heterocycles. The number of thioether (sulfide) groups is 1. The summed E-state index contributed by atoms with van der Waals surface area (Å²) >= 11 is 1.82. The van der Waals surface area contributed by atoms with Crippen LogP contribution in [0.3, 0.4) is 0 Å². The first-order valence-electron chi connectivity index (χ1n) is 9.23. The van der Waals surface area contributed by atoms with Crippen LogP contribution in [0.5, 0.6) is 0 Å². The molecule has 25 heavy (non-hydrogen) atoms. The van der Waals surface area contributed by atoms with Crippen molar-refractivity contribution in [3.63, 3.8) is 0 Å². The molecule has 2 aliphatic rings. The van der Waals surface area contributed by atoms with Gasteiger partial charge in [0.25, 0.3) is 0 Å². The monoisotopic (exact) mass is 361 g/mol. The molecule has 1 aromatic rings. The largest absolute Gasteiger partial charge is 0.338 e. The highest BCUT2D eigenvalue weighted by Gasteiger charge is 2.25. The Balaban J connectivity index is 1.38. The molecule has 1 aliphatic carbocycles. The van der Waals surface area contributed by atoms with Crippen molar-refractivity contribution >= 4 is 29.4 Å². The zero-order valence-electron chi connectivity index (χ0n) is 14.7. The van der Waals surface area contributed by atoms with Crippen LogP contribution in [0.2, 0.25) is 0 Å². The summed E-state index contributed by atoms with van der Waals surface area (Å²) in [6.45, 7) is 2.45. The van der Waals surface area contributed by atoms with Crippen LogP contribution in [0, 0.1) is 0 Å². The molecule has 1 aromatic carbocycles. The summed E-state index contributed by atoms with van der Waals surface area (Å²) in [6.07, 6.45) is 6.47. The first-order valence-corrected chi connectivity index (χ1v) is 10.3. The predicted octanol–water partition coefficient (Wildman–Crippen LogP) is 3.43. The highest BCUT2D eigenvalue weighted by molar-refractivity contribution is 8.00. The van der Waals surface area contributed by atoms with E-state index in [1.807, 2.05) is 47.0 Å². The SMILES string of the molecule is O=C(CSC1CCCCC1)N1CCN(C(=O)Nc2ccccc2)CC1. The van der Waals surface area contributed by atoms with E-state index >= 15 is 0 Å². The smallest absolute Gasteiger partial charge is 0.321 e. The van der Waals surface area contributed by atoms with E-state index in [9.17, 15) is 9.59 Å². The van der Waals surface area contributed by atoms with Crippen LogP contribution in [0.25, 0.3) is 0 Å². The summed E-state index contributed by atoms with van der Waals surface area (Å²) < 4.78 is 0. The van der Waals surface area contributed by atoms with Gasteiger partial charge in [-0.15, -0.1) is 11.8 Å². The number of hydrogen-bond acceptors (Lipinski definition) is 3. The molecule has 5 nitrogen and oxygen atoms in total. The van der Waals surface area contributed by atoms with Gasteiger partial charge < -0.3 is 15.1 Å². The van der Waals surface area contributed by atoms with E-state index in [4.69, 9.17) is 0 Å². The van der Waals surface area contributed by atoms with Gasteiger partial charge in [0, 0.05) is 37.1 Å². The number of anilines is 1. The van der Waals surface area contributed by atoms with Crippen LogP contribution in [0.4, 0.5) is 10.5 Å². The maximum absolute atomic E-state index is 12.4. The minimum atomic E-state index is -0.0881. The second-order valence-corrected chi connectivity index (χ2v) is 8.02. The summed E-state index contributed by atoms with van der Waals surface area (Å²) in [5.41, 5.74) is 0.801. The van der Waals surface area contributed by atoms with Crippen molar-refractivity contribution in [1.82, 2.24) is 9.80 Å². The number of rotatable bonds is 4. The van der Waals surface area contributed by atoms with Crippen molar-refractivity contribution in [3.8, 4) is 0 Å². The van der Waals surface area contributed by atoms with Crippen molar-refractivity contribution in [2.75, 3.05) is 37.2 Å². The number of hydrogen-bond donors (Lipinski definition) is 1. The Morgan fingerprint density at radius 1 is 0.960 bits per heavy atom. The third kappa shape index (κ3) is 5.39. The average molecular weight is 362 g/mol. The summed E-state index contributed by atoms with van der Waals surface area (Å²) in [4.78, 5) is 28.4. The number of nitrogens with zero attached hydrogens (tertiary/aromatic N) is 2. The molecule has 0 bridgehead atoms. The summed E-state index contributed by atoms with van der Waals surface area (Å²) in [7, 11) is 0. The minimum absolute atomic E-state index is 0.0881. The van der Waals surface area contributed by atoms with E-state index in [-0.39, 0.29) is 11.9 Å². The molecule has 0 atom stereocenters. The van der Waals surface area contributed by atoms with Crippen LogP contribution in [0.15, 0.2) is 30.3 Å². The van der Waals surface area contributed by atoms with Crippen LogP contribution in [-0.4, -0.2) is 58.9 Å². The van der Waals surface area contributed by atoms with Crippen molar-refractivity contribution in [3.05, 3.63) is 30.3 Å². The van der Waals surface area contributed by atoms with Gasteiger partial charge in [-0.2, -0.15) is 0 Å². The number of para-hydroxylation sites is 1. The maximum atomic E-state index is 12.4. The second-order valence-electron chi connectivity index (χ2n) is 6.74. The quantitative estimate of drug-likeness (QED) is 0.894. The highest BCUT2D eigenvalue weighted by Crippen LogP contribution is 2.28. The predicted molar refractivity (Wildman–Crippen MR) is 103 cm³/mol. The van der Waals surface area contributed by atoms with E-state index in [0.717, 1.165) is 5.69 Å². The molecule has 2 fully saturated rings. The number of carbonyl (C=O) groups excluding carboxylic acids is 2. The highest BCUT2D eigenvalue weighted by atomic mass is 32.2. The van der Waals surface area contributed by atoms with Gasteiger partial charge in [0.1, 0.15) is 0 Å². The van der Waals surface area contributed by atoms with E-state index in [2.05, 4.69) is 5.32 Å². The number of nitrogens with one attached hydrogen (secondary N) is 1. The molecule has 1 saturated heterocycles. The molecule has 1 saturated carbocycles. The van der Waals surface area contributed by atoms with Crippen LogP contribution in [0.1, 0.15) is 32.1 Å². The standard InChI is InChI=1S/C19H27N3O2S/c23-18(15-25-17-9-5-2-6-10-17)21-11-13-22(14-12-21)19(24)20-16-7-3-1-4-8-16/h1,3-4,7-8,17H,2,5-6,9-15H2,(H,20,24). The molecular formula is C19H27N3O2S. The van der Waals surface area contributed by atoms with Crippen molar-refractivity contribution in [2.45, 2.75) is 37.4 Å². The molecule has 3 amide bonds. The van der Waals surface area contributed by atoms with Crippen molar-refractivity contribution in [1.29, 1.82) is 0 Å². The molecule has 1 N–H and O–H groups in total. The lowest BCUT2D eigenvalue weighted by atomic mass is 10.0. The lowest BCUT2D eigenvalue weighted by Gasteiger charge is -2.35.